The number of aliphatic carboxylic acids is 1. The number of carboxylic acids is 1. The van der Waals surface area contributed by atoms with Crippen LogP contribution in [0.4, 0.5) is 0 Å². The minimum atomic E-state index is -3.59. The Hall–Kier alpha value is -1.40. The lowest BCUT2D eigenvalue weighted by atomic mass is 9.86. The van der Waals surface area contributed by atoms with E-state index >= 15 is 0 Å². The van der Waals surface area contributed by atoms with Crippen molar-refractivity contribution in [3.8, 4) is 0 Å². The Labute approximate surface area is 119 Å². The van der Waals surface area contributed by atoms with Gasteiger partial charge in [0.25, 0.3) is 0 Å². The second-order valence-electron chi connectivity index (χ2n) is 5.31. The second-order valence-corrected chi connectivity index (χ2v) is 7.03. The highest BCUT2D eigenvalue weighted by Gasteiger charge is 2.26. The summed E-state index contributed by atoms with van der Waals surface area (Å²) in [5.74, 6) is -1.65. The molecule has 1 aliphatic rings. The molecule has 20 heavy (non-hydrogen) atoms. The quantitative estimate of drug-likeness (QED) is 0.880. The average molecular weight is 296 g/mol. The lowest BCUT2D eigenvalue weighted by molar-refractivity contribution is -0.312. The predicted molar refractivity (Wildman–Crippen MR) is 72.3 cm³/mol. The number of carboxylic acid groups (broad SMARTS) is 1. The van der Waals surface area contributed by atoms with Crippen LogP contribution in [-0.4, -0.2) is 20.4 Å². The van der Waals surface area contributed by atoms with Gasteiger partial charge in [-0.2, -0.15) is 0 Å². The average Bonchev–Trinajstić information content (AvgIpc) is 2.39. The van der Waals surface area contributed by atoms with E-state index in [0.29, 0.717) is 25.7 Å². The van der Waals surface area contributed by atoms with Gasteiger partial charge in [-0.05, 0) is 38.3 Å². The summed E-state index contributed by atoms with van der Waals surface area (Å²) < 4.78 is 27.0. The van der Waals surface area contributed by atoms with Crippen LogP contribution in [0.2, 0.25) is 0 Å². The number of sulfonamides is 1. The molecule has 1 aliphatic carbocycles. The van der Waals surface area contributed by atoms with Crippen LogP contribution in [0.25, 0.3) is 0 Å². The van der Waals surface area contributed by atoms with Gasteiger partial charge in [0.1, 0.15) is 0 Å². The lowest BCUT2D eigenvalue weighted by Gasteiger charge is -2.30. The topological polar surface area (TPSA) is 86.3 Å². The molecule has 0 amide bonds. The van der Waals surface area contributed by atoms with Gasteiger partial charge in [0.05, 0.1) is 4.90 Å². The van der Waals surface area contributed by atoms with Crippen molar-refractivity contribution < 1.29 is 18.3 Å². The molecular formula is C14H18NO4S-. The highest BCUT2D eigenvalue weighted by Crippen LogP contribution is 2.25. The molecule has 0 aromatic heterocycles. The van der Waals surface area contributed by atoms with Gasteiger partial charge in [-0.1, -0.05) is 24.1 Å². The number of hydrogen-bond donors (Lipinski definition) is 1. The molecule has 1 aromatic carbocycles. The molecule has 0 radical (unpaired) electrons. The van der Waals surface area contributed by atoms with Crippen molar-refractivity contribution in [1.82, 2.24) is 4.72 Å². The number of nitrogens with one attached hydrogen (secondary N) is 1. The van der Waals surface area contributed by atoms with E-state index in [9.17, 15) is 18.3 Å². The van der Waals surface area contributed by atoms with Gasteiger partial charge in [-0.3, -0.25) is 0 Å². The number of carbonyl (C=O) groups is 1. The molecule has 0 unspecified atom stereocenters. The number of rotatable bonds is 4. The summed E-state index contributed by atoms with van der Waals surface area (Å²) >= 11 is 0. The standard InChI is InChI=1S/C14H19NO4S/c1-10-5-7-13(8-6-10)20(18,19)15-12-4-2-3-11(9-12)14(16)17/h5-8,11-12,15H,2-4,9H2,1H3,(H,16,17)/p-1/t11-,12+/m1/s1. The van der Waals surface area contributed by atoms with Gasteiger partial charge < -0.3 is 9.90 Å². The third-order valence-corrected chi connectivity index (χ3v) is 5.20. The fourth-order valence-electron chi connectivity index (χ4n) is 2.52. The van der Waals surface area contributed by atoms with Crippen LogP contribution in [0.15, 0.2) is 29.2 Å². The molecule has 6 heteroatoms. The SMILES string of the molecule is Cc1ccc(S(=O)(=O)N[C@H]2CCC[C@@H](C(=O)[O-])C2)cc1. The van der Waals surface area contributed by atoms with Crippen molar-refractivity contribution in [3.63, 3.8) is 0 Å². The maximum atomic E-state index is 12.2. The Morgan fingerprint density at radius 1 is 1.25 bits per heavy atom. The van der Waals surface area contributed by atoms with Crippen LogP contribution in [0, 0.1) is 12.8 Å². The van der Waals surface area contributed by atoms with E-state index in [-0.39, 0.29) is 10.9 Å². The fourth-order valence-corrected chi connectivity index (χ4v) is 3.80. The van der Waals surface area contributed by atoms with Crippen molar-refractivity contribution in [2.24, 2.45) is 5.92 Å². The Morgan fingerprint density at radius 3 is 2.50 bits per heavy atom. The molecule has 0 spiro atoms. The van der Waals surface area contributed by atoms with Crippen molar-refractivity contribution in [2.45, 2.75) is 43.5 Å². The Bertz CT molecular complexity index is 580. The molecule has 1 fully saturated rings. The van der Waals surface area contributed by atoms with Gasteiger partial charge in [0.15, 0.2) is 0 Å². The highest BCUT2D eigenvalue weighted by molar-refractivity contribution is 7.89. The van der Waals surface area contributed by atoms with Crippen LogP contribution in [0.1, 0.15) is 31.2 Å². The lowest BCUT2D eigenvalue weighted by Crippen LogP contribution is -2.42. The van der Waals surface area contributed by atoms with E-state index < -0.39 is 21.9 Å². The van der Waals surface area contributed by atoms with Gasteiger partial charge in [0, 0.05) is 17.9 Å². The molecular weight excluding hydrogens is 278 g/mol. The number of aryl methyl sites for hydroxylation is 1. The smallest absolute Gasteiger partial charge is 0.240 e. The first kappa shape index (κ1) is 15.0. The summed E-state index contributed by atoms with van der Waals surface area (Å²) in [5, 5.41) is 10.9. The van der Waals surface area contributed by atoms with Crippen molar-refractivity contribution in [1.29, 1.82) is 0 Å². The maximum Gasteiger partial charge on any atom is 0.240 e. The summed E-state index contributed by atoms with van der Waals surface area (Å²) in [5.41, 5.74) is 0.985. The molecule has 0 saturated heterocycles. The van der Waals surface area contributed by atoms with Gasteiger partial charge >= 0.3 is 0 Å². The first-order chi connectivity index (χ1) is 9.38. The molecule has 1 aromatic rings. The summed E-state index contributed by atoms with van der Waals surface area (Å²) in [6.45, 7) is 1.88. The van der Waals surface area contributed by atoms with Crippen LogP contribution in [-0.2, 0) is 14.8 Å². The van der Waals surface area contributed by atoms with Crippen LogP contribution >= 0.6 is 0 Å². The predicted octanol–water partition coefficient (Wildman–Crippen LogP) is 0.582. The second kappa shape index (κ2) is 5.93. The van der Waals surface area contributed by atoms with Crippen LogP contribution in [0.3, 0.4) is 0 Å². The monoisotopic (exact) mass is 296 g/mol. The van der Waals surface area contributed by atoms with Crippen LogP contribution < -0.4 is 9.83 Å². The van der Waals surface area contributed by atoms with Gasteiger partial charge in [0.2, 0.25) is 10.0 Å². The zero-order chi connectivity index (χ0) is 14.8. The third kappa shape index (κ3) is 3.58. The van der Waals surface area contributed by atoms with Gasteiger partial charge in [-0.15, -0.1) is 0 Å². The molecule has 0 aliphatic heterocycles. The van der Waals surface area contributed by atoms with Crippen molar-refractivity contribution >= 4 is 16.0 Å². The number of carbonyl (C=O) groups excluding carboxylic acids is 1. The van der Waals surface area contributed by atoms with Crippen LogP contribution in [0.5, 0.6) is 0 Å². The zero-order valence-electron chi connectivity index (χ0n) is 11.3. The summed E-state index contributed by atoms with van der Waals surface area (Å²) in [7, 11) is -3.59. The minimum absolute atomic E-state index is 0.207. The molecule has 2 rings (SSSR count). The Morgan fingerprint density at radius 2 is 1.90 bits per heavy atom. The third-order valence-electron chi connectivity index (χ3n) is 3.66. The summed E-state index contributed by atoms with van der Waals surface area (Å²) in [6, 6.07) is 6.24. The van der Waals surface area contributed by atoms with E-state index in [4.69, 9.17) is 0 Å². The first-order valence-electron chi connectivity index (χ1n) is 6.68. The zero-order valence-corrected chi connectivity index (χ0v) is 12.2. The molecule has 110 valence electrons. The molecule has 2 atom stereocenters. The van der Waals surface area contributed by atoms with E-state index in [0.717, 1.165) is 5.56 Å². The molecule has 0 heterocycles. The molecule has 0 bridgehead atoms. The largest absolute Gasteiger partial charge is 0.550 e. The van der Waals surface area contributed by atoms with Crippen molar-refractivity contribution in [2.75, 3.05) is 0 Å². The highest BCUT2D eigenvalue weighted by atomic mass is 32.2. The molecule has 1 N–H and O–H groups in total. The minimum Gasteiger partial charge on any atom is -0.550 e. The van der Waals surface area contributed by atoms with Gasteiger partial charge in [-0.25, -0.2) is 13.1 Å². The number of hydrogen-bond acceptors (Lipinski definition) is 4. The number of benzene rings is 1. The van der Waals surface area contributed by atoms with E-state index in [1.165, 1.54) is 0 Å². The van der Waals surface area contributed by atoms with Crippen molar-refractivity contribution in [3.05, 3.63) is 29.8 Å². The fraction of sp³-hybridized carbons (Fsp3) is 0.500. The normalized spacial score (nSPS) is 23.4. The van der Waals surface area contributed by atoms with E-state index in [1.807, 2.05) is 6.92 Å². The maximum absolute atomic E-state index is 12.2. The molecule has 5 nitrogen and oxygen atoms in total. The summed E-state index contributed by atoms with van der Waals surface area (Å²) in [4.78, 5) is 11.1. The Kier molecular flexibility index (Phi) is 4.45. The van der Waals surface area contributed by atoms with E-state index in [1.54, 1.807) is 24.3 Å². The summed E-state index contributed by atoms with van der Waals surface area (Å²) in [6.07, 6.45) is 2.22. The first-order valence-corrected chi connectivity index (χ1v) is 8.16. The molecule has 1 saturated carbocycles. The van der Waals surface area contributed by atoms with E-state index in [2.05, 4.69) is 4.72 Å². The Balaban J connectivity index is 2.08.